The highest BCUT2D eigenvalue weighted by molar-refractivity contribution is 7.92. The Morgan fingerprint density at radius 3 is 2.40 bits per heavy atom. The van der Waals surface area contributed by atoms with Crippen molar-refractivity contribution in [2.75, 3.05) is 22.5 Å². The average molecular weight is 433 g/mol. The minimum Gasteiger partial charge on any atom is -0.462 e. The van der Waals surface area contributed by atoms with Crippen molar-refractivity contribution in [3.8, 4) is 0 Å². The second-order valence-electron chi connectivity index (χ2n) is 7.06. The molecule has 2 aromatic rings. The van der Waals surface area contributed by atoms with Gasteiger partial charge in [0.2, 0.25) is 15.9 Å². The molecule has 1 unspecified atom stereocenters. The minimum absolute atomic E-state index is 0.243. The van der Waals surface area contributed by atoms with Crippen molar-refractivity contribution >= 4 is 33.3 Å². The van der Waals surface area contributed by atoms with E-state index in [1.54, 1.807) is 45.0 Å². The predicted octanol–water partition coefficient (Wildman–Crippen LogP) is 3.66. The summed E-state index contributed by atoms with van der Waals surface area (Å²) in [6, 6.07) is 10.9. The van der Waals surface area contributed by atoms with E-state index in [0.29, 0.717) is 16.9 Å². The smallest absolute Gasteiger partial charge is 0.338 e. The van der Waals surface area contributed by atoms with Gasteiger partial charge in [-0.05, 0) is 62.6 Å². The van der Waals surface area contributed by atoms with Crippen LogP contribution >= 0.6 is 0 Å². The van der Waals surface area contributed by atoms with Crippen LogP contribution in [0.1, 0.15) is 41.8 Å². The number of hydrogen-bond donors (Lipinski definition) is 1. The van der Waals surface area contributed by atoms with E-state index in [9.17, 15) is 18.0 Å². The molecule has 0 saturated heterocycles. The van der Waals surface area contributed by atoms with Gasteiger partial charge in [-0.1, -0.05) is 25.1 Å². The Labute approximate surface area is 178 Å². The van der Waals surface area contributed by atoms with Crippen LogP contribution in [0, 0.1) is 13.8 Å². The molecular formula is C22H28N2O5S. The van der Waals surface area contributed by atoms with Crippen LogP contribution in [0.4, 0.5) is 11.4 Å². The van der Waals surface area contributed by atoms with Crippen LogP contribution in [-0.4, -0.2) is 39.2 Å². The highest BCUT2D eigenvalue weighted by atomic mass is 32.2. The second kappa shape index (κ2) is 9.75. The van der Waals surface area contributed by atoms with E-state index in [0.717, 1.165) is 17.4 Å². The maximum Gasteiger partial charge on any atom is 0.338 e. The number of nitrogens with zero attached hydrogens (tertiary/aromatic N) is 1. The predicted molar refractivity (Wildman–Crippen MR) is 118 cm³/mol. The maximum atomic E-state index is 13.1. The van der Waals surface area contributed by atoms with Crippen molar-refractivity contribution in [1.82, 2.24) is 0 Å². The first-order valence-electron chi connectivity index (χ1n) is 9.73. The van der Waals surface area contributed by atoms with Gasteiger partial charge in [0, 0.05) is 5.69 Å². The van der Waals surface area contributed by atoms with E-state index in [1.165, 1.54) is 10.4 Å². The second-order valence-corrected chi connectivity index (χ2v) is 8.92. The summed E-state index contributed by atoms with van der Waals surface area (Å²) in [5.41, 5.74) is 2.80. The largest absolute Gasteiger partial charge is 0.462 e. The van der Waals surface area contributed by atoms with E-state index in [1.807, 2.05) is 19.1 Å². The Morgan fingerprint density at radius 1 is 1.10 bits per heavy atom. The quantitative estimate of drug-likeness (QED) is 0.643. The van der Waals surface area contributed by atoms with Gasteiger partial charge in [-0.3, -0.25) is 9.10 Å². The number of nitrogens with one attached hydrogen (secondary N) is 1. The molecule has 0 spiro atoms. The molecule has 0 aromatic heterocycles. The Hall–Kier alpha value is -2.87. The molecule has 30 heavy (non-hydrogen) atoms. The Balaban J connectivity index is 2.39. The van der Waals surface area contributed by atoms with Gasteiger partial charge in [-0.15, -0.1) is 0 Å². The number of rotatable bonds is 8. The summed E-state index contributed by atoms with van der Waals surface area (Å²) in [6.07, 6.45) is 1.36. The first-order chi connectivity index (χ1) is 14.1. The van der Waals surface area contributed by atoms with Crippen LogP contribution in [0.15, 0.2) is 42.5 Å². The first kappa shape index (κ1) is 23.4. The summed E-state index contributed by atoms with van der Waals surface area (Å²) in [6.45, 7) is 7.38. The number of aryl methyl sites for hydroxylation is 2. The molecule has 2 rings (SSSR count). The van der Waals surface area contributed by atoms with Gasteiger partial charge < -0.3 is 10.1 Å². The standard InChI is InChI=1S/C22H28N2O5S/c1-6-19(24(30(5,27)28)20-13-15(3)11-12-16(20)4)21(25)23-18-10-8-9-17(14-18)22(26)29-7-2/h8-14,19H,6-7H2,1-5H3,(H,23,25). The fourth-order valence-electron chi connectivity index (χ4n) is 3.16. The molecule has 0 aliphatic heterocycles. The lowest BCUT2D eigenvalue weighted by Gasteiger charge is -2.31. The lowest BCUT2D eigenvalue weighted by atomic mass is 10.1. The van der Waals surface area contributed by atoms with E-state index in [4.69, 9.17) is 4.74 Å². The molecule has 1 N–H and O–H groups in total. The van der Waals surface area contributed by atoms with Crippen LogP contribution < -0.4 is 9.62 Å². The van der Waals surface area contributed by atoms with Gasteiger partial charge in [-0.25, -0.2) is 13.2 Å². The zero-order chi connectivity index (χ0) is 22.5. The number of sulfonamides is 1. The Kier molecular flexibility index (Phi) is 7.61. The zero-order valence-electron chi connectivity index (χ0n) is 17.9. The number of carbonyl (C=O) groups is 2. The van der Waals surface area contributed by atoms with Gasteiger partial charge in [0.1, 0.15) is 6.04 Å². The number of ether oxygens (including phenoxy) is 1. The van der Waals surface area contributed by atoms with Crippen molar-refractivity contribution in [1.29, 1.82) is 0 Å². The van der Waals surface area contributed by atoms with Crippen molar-refractivity contribution in [3.63, 3.8) is 0 Å². The lowest BCUT2D eigenvalue weighted by Crippen LogP contribution is -2.47. The number of hydrogen-bond acceptors (Lipinski definition) is 5. The number of esters is 1. The summed E-state index contributed by atoms with van der Waals surface area (Å²) < 4.78 is 31.5. The van der Waals surface area contributed by atoms with Gasteiger partial charge in [0.25, 0.3) is 0 Å². The van der Waals surface area contributed by atoms with Gasteiger partial charge in [-0.2, -0.15) is 0 Å². The molecule has 0 bridgehead atoms. The molecule has 0 fully saturated rings. The number of amides is 1. The number of anilines is 2. The minimum atomic E-state index is -3.74. The molecule has 0 aliphatic carbocycles. The topological polar surface area (TPSA) is 92.8 Å². The third-order valence-electron chi connectivity index (χ3n) is 4.57. The van der Waals surface area contributed by atoms with E-state index in [-0.39, 0.29) is 13.0 Å². The molecule has 162 valence electrons. The summed E-state index contributed by atoms with van der Waals surface area (Å²) >= 11 is 0. The number of carbonyl (C=O) groups excluding carboxylic acids is 2. The Bertz CT molecular complexity index is 1030. The summed E-state index contributed by atoms with van der Waals surface area (Å²) in [7, 11) is -3.74. The number of benzene rings is 2. The van der Waals surface area contributed by atoms with E-state index in [2.05, 4.69) is 5.32 Å². The molecular weight excluding hydrogens is 404 g/mol. The fraction of sp³-hybridized carbons (Fsp3) is 0.364. The molecule has 0 saturated carbocycles. The first-order valence-corrected chi connectivity index (χ1v) is 11.6. The van der Waals surface area contributed by atoms with Crippen LogP contribution in [0.2, 0.25) is 0 Å². The third-order valence-corrected chi connectivity index (χ3v) is 5.74. The van der Waals surface area contributed by atoms with Gasteiger partial charge in [0.15, 0.2) is 0 Å². The molecule has 1 atom stereocenters. The fourth-order valence-corrected chi connectivity index (χ4v) is 4.42. The summed E-state index contributed by atoms with van der Waals surface area (Å²) in [5.74, 6) is -0.973. The van der Waals surface area contributed by atoms with Crippen LogP contribution in [0.25, 0.3) is 0 Å². The monoisotopic (exact) mass is 432 g/mol. The Morgan fingerprint density at radius 2 is 1.80 bits per heavy atom. The lowest BCUT2D eigenvalue weighted by molar-refractivity contribution is -0.117. The van der Waals surface area contributed by atoms with Gasteiger partial charge in [0.05, 0.1) is 24.1 Å². The van der Waals surface area contributed by atoms with E-state index < -0.39 is 27.9 Å². The molecule has 0 heterocycles. The summed E-state index contributed by atoms with van der Waals surface area (Å²) in [4.78, 5) is 25.0. The van der Waals surface area contributed by atoms with Crippen molar-refractivity contribution in [2.45, 2.75) is 40.2 Å². The van der Waals surface area contributed by atoms with Gasteiger partial charge >= 0.3 is 5.97 Å². The van der Waals surface area contributed by atoms with Crippen LogP contribution in [0.3, 0.4) is 0 Å². The molecule has 0 radical (unpaired) electrons. The maximum absolute atomic E-state index is 13.1. The average Bonchev–Trinajstić information content (AvgIpc) is 2.67. The summed E-state index contributed by atoms with van der Waals surface area (Å²) in [5, 5.41) is 2.73. The van der Waals surface area contributed by atoms with Crippen molar-refractivity contribution in [2.24, 2.45) is 0 Å². The van der Waals surface area contributed by atoms with Crippen LogP contribution in [0.5, 0.6) is 0 Å². The molecule has 7 nitrogen and oxygen atoms in total. The zero-order valence-corrected chi connectivity index (χ0v) is 18.7. The SMILES string of the molecule is CCOC(=O)c1cccc(NC(=O)C(CC)N(c2cc(C)ccc2C)S(C)(=O)=O)c1. The molecule has 8 heteroatoms. The van der Waals surface area contributed by atoms with Crippen LogP contribution in [-0.2, 0) is 19.6 Å². The highest BCUT2D eigenvalue weighted by Gasteiger charge is 2.32. The van der Waals surface area contributed by atoms with E-state index >= 15 is 0 Å². The normalized spacial score (nSPS) is 12.2. The third kappa shape index (κ3) is 5.60. The highest BCUT2D eigenvalue weighted by Crippen LogP contribution is 2.28. The molecule has 1 amide bonds. The van der Waals surface area contributed by atoms with Crippen molar-refractivity contribution < 1.29 is 22.7 Å². The van der Waals surface area contributed by atoms with Crippen molar-refractivity contribution in [3.05, 3.63) is 59.2 Å². The molecule has 2 aromatic carbocycles. The molecule has 0 aliphatic rings.